The molecule has 2 aromatic heterocycles. The summed E-state index contributed by atoms with van der Waals surface area (Å²) in [6.07, 6.45) is 7.74. The Balaban J connectivity index is 1.56. The molecule has 188 valence electrons. The highest BCUT2D eigenvalue weighted by Gasteiger charge is 2.55. The minimum absolute atomic E-state index is 0.141. The summed E-state index contributed by atoms with van der Waals surface area (Å²) in [4.78, 5) is 50.8. The summed E-state index contributed by atoms with van der Waals surface area (Å²) >= 11 is 0. The number of nitrogens with two attached hydrogens (primary N) is 1. The zero-order valence-corrected chi connectivity index (χ0v) is 20.4. The summed E-state index contributed by atoms with van der Waals surface area (Å²) in [5.74, 6) is -0.538. The van der Waals surface area contributed by atoms with Crippen molar-refractivity contribution in [2.75, 3.05) is 30.9 Å². The highest BCUT2D eigenvalue weighted by molar-refractivity contribution is 6.12. The van der Waals surface area contributed by atoms with Gasteiger partial charge in [-0.05, 0) is 43.4 Å². The maximum absolute atomic E-state index is 13.6. The van der Waals surface area contributed by atoms with Crippen molar-refractivity contribution in [3.05, 3.63) is 36.3 Å². The van der Waals surface area contributed by atoms with E-state index in [2.05, 4.69) is 15.3 Å². The zero-order valence-electron chi connectivity index (χ0n) is 20.4. The molecule has 2 saturated heterocycles. The molecule has 11 heteroatoms. The molecule has 0 radical (unpaired) electrons. The lowest BCUT2D eigenvalue weighted by atomic mass is 9.81. The third-order valence-corrected chi connectivity index (χ3v) is 6.93. The van der Waals surface area contributed by atoms with Crippen LogP contribution in [0.1, 0.15) is 31.7 Å². The standard InChI is InChI=1S/C24H33N7O4/c1-4-18(16-6-5-11-35-14-16)28-24(34)31-20(22(33)30(3)23-27-9-10-29(23)2)17(21(31)32)12-15-7-8-26-19(25)13-15/h7-10,13,16-18,20H,4-6,11-12,14H2,1-3H3,(H2,25,26)(H,28,34)/t16?,17-,18-,20+/m1/s1. The summed E-state index contributed by atoms with van der Waals surface area (Å²) in [6, 6.07) is 1.78. The van der Waals surface area contributed by atoms with Gasteiger partial charge in [0.15, 0.2) is 0 Å². The summed E-state index contributed by atoms with van der Waals surface area (Å²) < 4.78 is 7.29. The first kappa shape index (κ1) is 24.6. The molecule has 2 aliphatic heterocycles. The van der Waals surface area contributed by atoms with E-state index in [1.54, 1.807) is 49.4 Å². The number of imide groups is 1. The molecule has 0 spiro atoms. The van der Waals surface area contributed by atoms with Crippen molar-refractivity contribution in [3.8, 4) is 0 Å². The highest BCUT2D eigenvalue weighted by Crippen LogP contribution is 2.33. The second-order valence-corrected chi connectivity index (χ2v) is 9.23. The molecule has 35 heavy (non-hydrogen) atoms. The van der Waals surface area contributed by atoms with Crippen LogP contribution < -0.4 is 16.0 Å². The monoisotopic (exact) mass is 483 g/mol. The van der Waals surface area contributed by atoms with Crippen LogP contribution in [0.4, 0.5) is 16.6 Å². The van der Waals surface area contributed by atoms with Gasteiger partial charge in [-0.3, -0.25) is 19.4 Å². The van der Waals surface area contributed by atoms with Gasteiger partial charge in [-0.1, -0.05) is 6.92 Å². The van der Waals surface area contributed by atoms with Gasteiger partial charge in [-0.15, -0.1) is 0 Å². The van der Waals surface area contributed by atoms with Gasteiger partial charge < -0.3 is 20.4 Å². The molecule has 0 bridgehead atoms. The largest absolute Gasteiger partial charge is 0.384 e. The van der Waals surface area contributed by atoms with Crippen molar-refractivity contribution in [3.63, 3.8) is 0 Å². The molecule has 2 aromatic rings. The van der Waals surface area contributed by atoms with Crippen LogP contribution in [0.15, 0.2) is 30.7 Å². The third kappa shape index (κ3) is 5.00. The number of carbonyl (C=O) groups is 3. The Morgan fingerprint density at radius 1 is 1.34 bits per heavy atom. The molecule has 0 aliphatic carbocycles. The second kappa shape index (κ2) is 10.4. The van der Waals surface area contributed by atoms with Gasteiger partial charge in [0, 0.05) is 51.3 Å². The number of anilines is 2. The normalized spacial score (nSPS) is 22.9. The van der Waals surface area contributed by atoms with Crippen molar-refractivity contribution in [2.24, 2.45) is 18.9 Å². The SMILES string of the molecule is CC[C@@H](NC(=O)N1C(=O)[C@H](Cc2ccnc(N)c2)[C@H]1C(=O)N(C)c1nccn1C)C1CCCOC1. The number of amides is 4. The fourth-order valence-electron chi connectivity index (χ4n) is 4.97. The molecule has 11 nitrogen and oxygen atoms in total. The van der Waals surface area contributed by atoms with E-state index < -0.39 is 18.0 Å². The third-order valence-electron chi connectivity index (χ3n) is 6.93. The summed E-state index contributed by atoms with van der Waals surface area (Å²) in [7, 11) is 3.37. The van der Waals surface area contributed by atoms with Gasteiger partial charge >= 0.3 is 6.03 Å². The molecular formula is C24H33N7O4. The molecule has 2 fully saturated rings. The number of aryl methyl sites for hydroxylation is 1. The summed E-state index contributed by atoms with van der Waals surface area (Å²) in [5, 5.41) is 3.00. The molecule has 0 saturated carbocycles. The molecule has 4 heterocycles. The van der Waals surface area contributed by atoms with Gasteiger partial charge in [-0.25, -0.2) is 14.8 Å². The molecular weight excluding hydrogens is 450 g/mol. The highest BCUT2D eigenvalue weighted by atomic mass is 16.5. The van der Waals surface area contributed by atoms with Gasteiger partial charge in [0.1, 0.15) is 11.9 Å². The Labute approximate surface area is 204 Å². The minimum Gasteiger partial charge on any atom is -0.384 e. The lowest BCUT2D eigenvalue weighted by molar-refractivity contribution is -0.156. The number of carbonyl (C=O) groups excluding carboxylic acids is 3. The molecule has 2 aliphatic rings. The maximum atomic E-state index is 13.6. The van der Waals surface area contributed by atoms with E-state index in [9.17, 15) is 14.4 Å². The summed E-state index contributed by atoms with van der Waals surface area (Å²) in [5.41, 5.74) is 6.58. The van der Waals surface area contributed by atoms with Gasteiger partial charge in [0.05, 0.1) is 12.5 Å². The topological polar surface area (TPSA) is 136 Å². The van der Waals surface area contributed by atoms with Gasteiger partial charge in [0.2, 0.25) is 11.9 Å². The van der Waals surface area contributed by atoms with Crippen LogP contribution >= 0.6 is 0 Å². The number of likely N-dealkylation sites (N-methyl/N-ethyl adjacent to an activating group) is 1. The van der Waals surface area contributed by atoms with Crippen LogP contribution in [-0.4, -0.2) is 69.6 Å². The predicted molar refractivity (Wildman–Crippen MR) is 129 cm³/mol. The number of ether oxygens (including phenoxy) is 1. The first-order valence-corrected chi connectivity index (χ1v) is 12.0. The maximum Gasteiger partial charge on any atom is 0.325 e. The van der Waals surface area contributed by atoms with Crippen molar-refractivity contribution < 1.29 is 19.1 Å². The Morgan fingerprint density at radius 3 is 2.77 bits per heavy atom. The number of hydrogen-bond donors (Lipinski definition) is 2. The molecule has 1 unspecified atom stereocenters. The number of rotatable bonds is 7. The Bertz CT molecular complexity index is 1080. The Morgan fingerprint density at radius 2 is 2.14 bits per heavy atom. The number of nitrogens with zero attached hydrogens (tertiary/aromatic N) is 5. The number of likely N-dealkylation sites (tertiary alicyclic amines) is 1. The molecule has 4 rings (SSSR count). The smallest absolute Gasteiger partial charge is 0.325 e. The van der Waals surface area contributed by atoms with Crippen LogP contribution in [0.25, 0.3) is 0 Å². The zero-order chi connectivity index (χ0) is 25.1. The molecule has 4 amide bonds. The quantitative estimate of drug-likeness (QED) is 0.567. The fraction of sp³-hybridized carbons (Fsp3) is 0.542. The van der Waals surface area contributed by atoms with Gasteiger partial charge in [-0.2, -0.15) is 0 Å². The number of urea groups is 1. The van der Waals surface area contributed by atoms with E-state index in [0.29, 0.717) is 24.8 Å². The number of nitrogen functional groups attached to an aromatic ring is 1. The number of pyridine rings is 1. The van der Waals surface area contributed by atoms with Crippen LogP contribution in [0.2, 0.25) is 0 Å². The average Bonchev–Trinajstić information content (AvgIpc) is 3.29. The number of β-lactam (4-membered cyclic amide) rings is 1. The van der Waals surface area contributed by atoms with E-state index in [0.717, 1.165) is 29.9 Å². The van der Waals surface area contributed by atoms with Crippen molar-refractivity contribution in [1.29, 1.82) is 0 Å². The van der Waals surface area contributed by atoms with Gasteiger partial charge in [0.25, 0.3) is 5.91 Å². The fourth-order valence-corrected chi connectivity index (χ4v) is 4.97. The lowest BCUT2D eigenvalue weighted by Crippen LogP contribution is -2.71. The summed E-state index contributed by atoms with van der Waals surface area (Å²) in [6.45, 7) is 3.29. The number of aromatic nitrogens is 3. The van der Waals surface area contributed by atoms with Crippen molar-refractivity contribution in [1.82, 2.24) is 24.8 Å². The predicted octanol–water partition coefficient (Wildman–Crippen LogP) is 1.34. The minimum atomic E-state index is -0.960. The van der Waals surface area contributed by atoms with E-state index in [1.165, 1.54) is 4.90 Å². The molecule has 4 atom stereocenters. The number of nitrogens with one attached hydrogen (secondary N) is 1. The van der Waals surface area contributed by atoms with E-state index in [1.807, 2.05) is 6.92 Å². The Kier molecular flexibility index (Phi) is 7.34. The van der Waals surface area contributed by atoms with Crippen LogP contribution in [0, 0.1) is 11.8 Å². The van der Waals surface area contributed by atoms with E-state index in [4.69, 9.17) is 10.5 Å². The van der Waals surface area contributed by atoms with Crippen LogP contribution in [0.5, 0.6) is 0 Å². The van der Waals surface area contributed by atoms with Crippen LogP contribution in [0.3, 0.4) is 0 Å². The number of hydrogen-bond acceptors (Lipinski definition) is 7. The Hall–Kier alpha value is -3.47. The van der Waals surface area contributed by atoms with E-state index >= 15 is 0 Å². The first-order chi connectivity index (χ1) is 16.8. The average molecular weight is 484 g/mol. The molecule has 0 aromatic carbocycles. The van der Waals surface area contributed by atoms with Crippen LogP contribution in [-0.2, 0) is 27.8 Å². The second-order valence-electron chi connectivity index (χ2n) is 9.23. The first-order valence-electron chi connectivity index (χ1n) is 12.0. The number of imidazole rings is 1. The molecule has 3 N–H and O–H groups in total. The van der Waals surface area contributed by atoms with Crippen molar-refractivity contribution >= 4 is 29.6 Å². The lowest BCUT2D eigenvalue weighted by Gasteiger charge is -2.46. The van der Waals surface area contributed by atoms with E-state index in [-0.39, 0.29) is 30.2 Å². The van der Waals surface area contributed by atoms with Crippen molar-refractivity contribution in [2.45, 2.75) is 44.7 Å².